The van der Waals surface area contributed by atoms with E-state index in [9.17, 15) is 10.2 Å². The lowest BCUT2D eigenvalue weighted by Gasteiger charge is -2.09. The van der Waals surface area contributed by atoms with Crippen LogP contribution in [0.4, 0.5) is 0 Å². The lowest BCUT2D eigenvalue weighted by atomic mass is 10.1. The van der Waals surface area contributed by atoms with Gasteiger partial charge in [-0.25, -0.2) is 0 Å². The van der Waals surface area contributed by atoms with Crippen molar-refractivity contribution in [1.29, 1.82) is 0 Å². The van der Waals surface area contributed by atoms with Crippen molar-refractivity contribution in [2.45, 2.75) is 20.0 Å². The first-order chi connectivity index (χ1) is 6.20. The van der Waals surface area contributed by atoms with E-state index in [0.717, 1.165) is 30.8 Å². The van der Waals surface area contributed by atoms with Crippen molar-refractivity contribution in [2.75, 3.05) is 6.54 Å². The summed E-state index contributed by atoms with van der Waals surface area (Å²) in [5, 5.41) is 18.5. The van der Waals surface area contributed by atoms with Crippen LogP contribution in [-0.4, -0.2) is 21.7 Å². The van der Waals surface area contributed by atoms with Gasteiger partial charge in [0.1, 0.15) is 0 Å². The van der Waals surface area contributed by atoms with Crippen LogP contribution in [0.1, 0.15) is 18.1 Å². The summed E-state index contributed by atoms with van der Waals surface area (Å²) in [5.41, 5.74) is 2.24. The average molecular weight is 179 g/mol. The molecular formula is C10H13NO2. The maximum absolute atomic E-state index is 9.27. The zero-order chi connectivity index (χ0) is 9.42. The Morgan fingerprint density at radius 3 is 2.00 bits per heavy atom. The van der Waals surface area contributed by atoms with Crippen LogP contribution in [-0.2, 0) is 13.1 Å². The Morgan fingerprint density at radius 1 is 1.15 bits per heavy atom. The number of aromatic hydroxyl groups is 2. The summed E-state index contributed by atoms with van der Waals surface area (Å²) in [5.74, 6) is -0.0339. The molecule has 2 N–H and O–H groups in total. The number of fused-ring (bicyclic) bond motifs is 1. The summed E-state index contributed by atoms with van der Waals surface area (Å²) >= 11 is 0. The van der Waals surface area contributed by atoms with Crippen LogP contribution in [0.3, 0.4) is 0 Å². The highest BCUT2D eigenvalue weighted by molar-refractivity contribution is 5.46. The van der Waals surface area contributed by atoms with E-state index in [0.29, 0.717) is 0 Å². The highest BCUT2D eigenvalue weighted by Gasteiger charge is 2.19. The van der Waals surface area contributed by atoms with E-state index in [1.165, 1.54) is 0 Å². The topological polar surface area (TPSA) is 43.7 Å². The smallest absolute Gasteiger partial charge is 0.157 e. The second-order valence-electron chi connectivity index (χ2n) is 3.41. The van der Waals surface area contributed by atoms with Gasteiger partial charge in [0, 0.05) is 13.1 Å². The van der Waals surface area contributed by atoms with Crippen molar-refractivity contribution >= 4 is 0 Å². The van der Waals surface area contributed by atoms with Crippen LogP contribution in [0.2, 0.25) is 0 Å². The molecule has 0 aromatic heterocycles. The SMILES string of the molecule is CCN1Cc2cc(O)c(O)cc2C1. The lowest BCUT2D eigenvalue weighted by Crippen LogP contribution is -2.14. The molecular weight excluding hydrogens is 166 g/mol. The van der Waals surface area contributed by atoms with Gasteiger partial charge < -0.3 is 10.2 Å². The van der Waals surface area contributed by atoms with E-state index < -0.39 is 0 Å². The molecule has 3 heteroatoms. The zero-order valence-electron chi connectivity index (χ0n) is 7.62. The Balaban J connectivity index is 2.36. The maximum Gasteiger partial charge on any atom is 0.157 e. The van der Waals surface area contributed by atoms with Gasteiger partial charge in [-0.2, -0.15) is 0 Å². The van der Waals surface area contributed by atoms with Gasteiger partial charge in [0.15, 0.2) is 11.5 Å². The molecule has 1 aliphatic rings. The van der Waals surface area contributed by atoms with Gasteiger partial charge in [-0.05, 0) is 29.8 Å². The Kier molecular flexibility index (Phi) is 1.88. The maximum atomic E-state index is 9.27. The molecule has 0 fully saturated rings. The minimum atomic E-state index is -0.0169. The number of rotatable bonds is 1. The Morgan fingerprint density at radius 2 is 1.62 bits per heavy atom. The Bertz CT molecular complexity index is 305. The van der Waals surface area contributed by atoms with Crippen LogP contribution in [0.25, 0.3) is 0 Å². The third-order valence-electron chi connectivity index (χ3n) is 2.53. The normalized spacial score (nSPS) is 16.1. The van der Waals surface area contributed by atoms with E-state index in [1.807, 2.05) is 0 Å². The van der Waals surface area contributed by atoms with Gasteiger partial charge in [0.05, 0.1) is 0 Å². The molecule has 1 heterocycles. The predicted octanol–water partition coefficient (Wildman–Crippen LogP) is 1.43. The standard InChI is InChI=1S/C10H13NO2/c1-2-11-5-7-3-9(12)10(13)4-8(7)6-11/h3-4,12-13H,2,5-6H2,1H3. The van der Waals surface area contributed by atoms with Crippen molar-refractivity contribution < 1.29 is 10.2 Å². The summed E-state index contributed by atoms with van der Waals surface area (Å²) in [6, 6.07) is 3.31. The molecule has 0 unspecified atom stereocenters. The molecule has 1 aromatic carbocycles. The number of nitrogens with zero attached hydrogens (tertiary/aromatic N) is 1. The van der Waals surface area contributed by atoms with Crippen molar-refractivity contribution in [1.82, 2.24) is 4.90 Å². The van der Waals surface area contributed by atoms with Crippen molar-refractivity contribution in [3.05, 3.63) is 23.3 Å². The molecule has 1 aromatic rings. The first-order valence-electron chi connectivity index (χ1n) is 4.46. The fourth-order valence-electron chi connectivity index (χ4n) is 1.72. The van der Waals surface area contributed by atoms with Crippen LogP contribution in [0, 0.1) is 0 Å². The van der Waals surface area contributed by atoms with Crippen LogP contribution < -0.4 is 0 Å². The van der Waals surface area contributed by atoms with Crippen molar-refractivity contribution in [3.63, 3.8) is 0 Å². The molecule has 0 atom stereocenters. The molecule has 0 amide bonds. The molecule has 0 spiro atoms. The van der Waals surface area contributed by atoms with Gasteiger partial charge in [-0.3, -0.25) is 4.90 Å². The van der Waals surface area contributed by atoms with Gasteiger partial charge in [0.2, 0.25) is 0 Å². The Hall–Kier alpha value is -1.22. The minimum absolute atomic E-state index is 0.0169. The van der Waals surface area contributed by atoms with Crippen LogP contribution in [0.5, 0.6) is 11.5 Å². The number of hydrogen-bond donors (Lipinski definition) is 2. The highest BCUT2D eigenvalue weighted by atomic mass is 16.3. The highest BCUT2D eigenvalue weighted by Crippen LogP contribution is 2.32. The summed E-state index contributed by atoms with van der Waals surface area (Å²) in [7, 11) is 0. The quantitative estimate of drug-likeness (QED) is 0.641. The molecule has 0 radical (unpaired) electrons. The van der Waals surface area contributed by atoms with E-state index in [1.54, 1.807) is 12.1 Å². The van der Waals surface area contributed by atoms with Crippen LogP contribution in [0.15, 0.2) is 12.1 Å². The molecule has 0 bridgehead atoms. The fraction of sp³-hybridized carbons (Fsp3) is 0.400. The number of phenolic OH excluding ortho intramolecular Hbond substituents is 2. The van der Waals surface area contributed by atoms with Gasteiger partial charge in [0.25, 0.3) is 0 Å². The van der Waals surface area contributed by atoms with E-state index in [2.05, 4.69) is 11.8 Å². The lowest BCUT2D eigenvalue weighted by molar-refractivity contribution is 0.300. The molecule has 3 nitrogen and oxygen atoms in total. The molecule has 0 saturated carbocycles. The van der Waals surface area contributed by atoms with E-state index >= 15 is 0 Å². The first kappa shape index (κ1) is 8.38. The summed E-state index contributed by atoms with van der Waals surface area (Å²) in [6.07, 6.45) is 0. The summed E-state index contributed by atoms with van der Waals surface area (Å²) in [4.78, 5) is 2.25. The first-order valence-corrected chi connectivity index (χ1v) is 4.46. The zero-order valence-corrected chi connectivity index (χ0v) is 7.62. The second kappa shape index (κ2) is 2.92. The van der Waals surface area contributed by atoms with E-state index in [-0.39, 0.29) is 11.5 Å². The minimum Gasteiger partial charge on any atom is -0.504 e. The number of benzene rings is 1. The fourth-order valence-corrected chi connectivity index (χ4v) is 1.72. The number of hydrogen-bond acceptors (Lipinski definition) is 3. The largest absolute Gasteiger partial charge is 0.504 e. The molecule has 0 aliphatic carbocycles. The molecule has 13 heavy (non-hydrogen) atoms. The van der Waals surface area contributed by atoms with Crippen LogP contribution >= 0.6 is 0 Å². The number of phenols is 2. The molecule has 2 rings (SSSR count). The predicted molar refractivity (Wildman–Crippen MR) is 49.6 cm³/mol. The second-order valence-corrected chi connectivity index (χ2v) is 3.41. The molecule has 0 saturated heterocycles. The third kappa shape index (κ3) is 1.35. The van der Waals surface area contributed by atoms with E-state index in [4.69, 9.17) is 0 Å². The summed E-state index contributed by atoms with van der Waals surface area (Å²) in [6.45, 7) is 4.85. The molecule has 1 aliphatic heterocycles. The summed E-state index contributed by atoms with van der Waals surface area (Å²) < 4.78 is 0. The molecule has 70 valence electrons. The average Bonchev–Trinajstić information content (AvgIpc) is 2.48. The van der Waals surface area contributed by atoms with Crippen molar-refractivity contribution in [2.24, 2.45) is 0 Å². The Labute approximate surface area is 77.2 Å². The van der Waals surface area contributed by atoms with Gasteiger partial charge in [-0.15, -0.1) is 0 Å². The monoisotopic (exact) mass is 179 g/mol. The third-order valence-corrected chi connectivity index (χ3v) is 2.53. The van der Waals surface area contributed by atoms with Gasteiger partial charge >= 0.3 is 0 Å². The van der Waals surface area contributed by atoms with Gasteiger partial charge in [-0.1, -0.05) is 6.92 Å². The van der Waals surface area contributed by atoms with Crippen molar-refractivity contribution in [3.8, 4) is 11.5 Å².